The van der Waals surface area contributed by atoms with Gasteiger partial charge in [0.25, 0.3) is 0 Å². The number of halogens is 1. The predicted octanol–water partition coefficient (Wildman–Crippen LogP) is 3.84. The minimum absolute atomic E-state index is 0.107. The second-order valence-corrected chi connectivity index (χ2v) is 4.58. The number of benzene rings is 2. The molecule has 1 atom stereocenters. The highest BCUT2D eigenvalue weighted by Crippen LogP contribution is 2.35. The van der Waals surface area contributed by atoms with Crippen molar-refractivity contribution in [1.29, 1.82) is 0 Å². The molecule has 0 radical (unpaired) electrons. The van der Waals surface area contributed by atoms with E-state index in [2.05, 4.69) is 36.5 Å². The van der Waals surface area contributed by atoms with E-state index in [1.54, 1.807) is 6.07 Å². The van der Waals surface area contributed by atoms with Crippen molar-refractivity contribution >= 4 is 5.69 Å². The van der Waals surface area contributed by atoms with Gasteiger partial charge >= 0.3 is 0 Å². The number of nitrogens with one attached hydrogen (secondary N) is 1. The van der Waals surface area contributed by atoms with Gasteiger partial charge in [-0.2, -0.15) is 0 Å². The van der Waals surface area contributed by atoms with Gasteiger partial charge < -0.3 is 5.32 Å². The van der Waals surface area contributed by atoms with Gasteiger partial charge in [0.2, 0.25) is 0 Å². The van der Waals surface area contributed by atoms with Crippen LogP contribution in [0.4, 0.5) is 10.1 Å². The zero-order valence-electron chi connectivity index (χ0n) is 9.70. The topological polar surface area (TPSA) is 12.0 Å². The Balaban J connectivity index is 1.91. The van der Waals surface area contributed by atoms with Crippen molar-refractivity contribution in [2.45, 2.75) is 19.4 Å². The van der Waals surface area contributed by atoms with Gasteiger partial charge in [0.05, 0.1) is 6.04 Å². The Hall–Kier alpha value is -1.83. The number of rotatable bonds is 1. The van der Waals surface area contributed by atoms with E-state index in [9.17, 15) is 4.39 Å². The van der Waals surface area contributed by atoms with Gasteiger partial charge in [-0.3, -0.25) is 0 Å². The third-order valence-corrected chi connectivity index (χ3v) is 3.34. The SMILES string of the molecule is Cc1ccc(C2Cc3c(F)cccc3N2)cc1. The summed E-state index contributed by atoms with van der Waals surface area (Å²) in [5.41, 5.74) is 4.19. The Kier molecular flexibility index (Phi) is 2.36. The zero-order chi connectivity index (χ0) is 11.8. The van der Waals surface area contributed by atoms with E-state index in [0.29, 0.717) is 0 Å². The average Bonchev–Trinajstić information content (AvgIpc) is 2.75. The molecule has 0 aromatic heterocycles. The van der Waals surface area contributed by atoms with Gasteiger partial charge in [-0.1, -0.05) is 35.9 Å². The fourth-order valence-corrected chi connectivity index (χ4v) is 2.34. The van der Waals surface area contributed by atoms with Crippen LogP contribution in [0.2, 0.25) is 0 Å². The summed E-state index contributed by atoms with van der Waals surface area (Å²) < 4.78 is 13.6. The van der Waals surface area contributed by atoms with Crippen LogP contribution in [0.5, 0.6) is 0 Å². The van der Waals surface area contributed by atoms with E-state index < -0.39 is 0 Å². The highest BCUT2D eigenvalue weighted by atomic mass is 19.1. The van der Waals surface area contributed by atoms with Gasteiger partial charge in [0.15, 0.2) is 0 Å². The maximum atomic E-state index is 13.6. The molecule has 2 aromatic carbocycles. The molecule has 1 N–H and O–H groups in total. The molecule has 2 aromatic rings. The smallest absolute Gasteiger partial charge is 0.128 e. The van der Waals surface area contributed by atoms with Crippen molar-refractivity contribution in [3.63, 3.8) is 0 Å². The largest absolute Gasteiger partial charge is 0.378 e. The third-order valence-electron chi connectivity index (χ3n) is 3.34. The molecule has 0 saturated carbocycles. The molecule has 1 aliphatic heterocycles. The standard InChI is InChI=1S/C15H14FN/c1-10-5-7-11(8-6-10)15-9-12-13(16)3-2-4-14(12)17-15/h2-8,15,17H,9H2,1H3. The maximum Gasteiger partial charge on any atom is 0.128 e. The molecule has 3 rings (SSSR count). The molecule has 86 valence electrons. The highest BCUT2D eigenvalue weighted by Gasteiger charge is 2.24. The summed E-state index contributed by atoms with van der Waals surface area (Å²) in [4.78, 5) is 0. The quantitative estimate of drug-likeness (QED) is 0.780. The van der Waals surface area contributed by atoms with Gasteiger partial charge in [-0.25, -0.2) is 4.39 Å². The fourth-order valence-electron chi connectivity index (χ4n) is 2.34. The summed E-state index contributed by atoms with van der Waals surface area (Å²) in [6.45, 7) is 2.07. The predicted molar refractivity (Wildman–Crippen MR) is 67.6 cm³/mol. The van der Waals surface area contributed by atoms with E-state index in [1.807, 2.05) is 6.07 Å². The lowest BCUT2D eigenvalue weighted by Crippen LogP contribution is -2.05. The van der Waals surface area contributed by atoms with Crippen molar-refractivity contribution in [1.82, 2.24) is 0 Å². The van der Waals surface area contributed by atoms with Crippen LogP contribution in [-0.4, -0.2) is 0 Å². The molecule has 0 spiro atoms. The summed E-state index contributed by atoms with van der Waals surface area (Å²) in [6.07, 6.45) is 0.727. The molecule has 1 aliphatic rings. The summed E-state index contributed by atoms with van der Waals surface area (Å²) >= 11 is 0. The molecule has 0 saturated heterocycles. The first-order chi connectivity index (χ1) is 8.24. The summed E-state index contributed by atoms with van der Waals surface area (Å²) in [5.74, 6) is -0.107. The lowest BCUT2D eigenvalue weighted by molar-refractivity contribution is 0.610. The van der Waals surface area contributed by atoms with Gasteiger partial charge in [-0.05, 0) is 24.6 Å². The first-order valence-corrected chi connectivity index (χ1v) is 5.84. The molecule has 2 heteroatoms. The summed E-state index contributed by atoms with van der Waals surface area (Å²) in [6, 6.07) is 13.8. The van der Waals surface area contributed by atoms with Gasteiger partial charge in [-0.15, -0.1) is 0 Å². The molecule has 1 nitrogen and oxygen atoms in total. The van der Waals surface area contributed by atoms with E-state index in [-0.39, 0.29) is 11.9 Å². The minimum Gasteiger partial charge on any atom is -0.378 e. The van der Waals surface area contributed by atoms with Crippen LogP contribution in [0.25, 0.3) is 0 Å². The zero-order valence-corrected chi connectivity index (χ0v) is 9.70. The monoisotopic (exact) mass is 227 g/mol. The van der Waals surface area contributed by atoms with Crippen LogP contribution >= 0.6 is 0 Å². The molecule has 1 heterocycles. The first-order valence-electron chi connectivity index (χ1n) is 5.84. The van der Waals surface area contributed by atoms with Crippen LogP contribution in [0.3, 0.4) is 0 Å². The second-order valence-electron chi connectivity index (χ2n) is 4.58. The Morgan fingerprint density at radius 2 is 1.88 bits per heavy atom. The van der Waals surface area contributed by atoms with Crippen LogP contribution in [0, 0.1) is 12.7 Å². The Morgan fingerprint density at radius 1 is 1.12 bits per heavy atom. The van der Waals surface area contributed by atoms with Crippen LogP contribution in [-0.2, 0) is 6.42 Å². The van der Waals surface area contributed by atoms with E-state index in [1.165, 1.54) is 17.2 Å². The molecule has 1 unspecified atom stereocenters. The number of hydrogen-bond acceptors (Lipinski definition) is 1. The van der Waals surface area contributed by atoms with Crippen molar-refractivity contribution in [3.05, 3.63) is 65.0 Å². The first kappa shape index (κ1) is 10.3. The molecule has 17 heavy (non-hydrogen) atoms. The molecule has 0 amide bonds. The molecule has 0 fully saturated rings. The van der Waals surface area contributed by atoms with Gasteiger partial charge in [0.1, 0.15) is 5.82 Å². The lowest BCUT2D eigenvalue weighted by atomic mass is 10.0. The fraction of sp³-hybridized carbons (Fsp3) is 0.200. The third kappa shape index (κ3) is 1.80. The van der Waals surface area contributed by atoms with E-state index >= 15 is 0 Å². The van der Waals surface area contributed by atoms with Gasteiger partial charge in [0, 0.05) is 17.7 Å². The minimum atomic E-state index is -0.107. The number of fused-ring (bicyclic) bond motifs is 1. The molecule has 0 bridgehead atoms. The van der Waals surface area contributed by atoms with E-state index in [4.69, 9.17) is 0 Å². The van der Waals surface area contributed by atoms with Crippen LogP contribution in [0.15, 0.2) is 42.5 Å². The normalized spacial score (nSPS) is 17.6. The number of aryl methyl sites for hydroxylation is 1. The molecular weight excluding hydrogens is 213 g/mol. The Bertz CT molecular complexity index is 545. The Labute approximate surface area is 100 Å². The summed E-state index contributed by atoms with van der Waals surface area (Å²) in [7, 11) is 0. The number of hydrogen-bond donors (Lipinski definition) is 1. The lowest BCUT2D eigenvalue weighted by Gasteiger charge is -2.11. The van der Waals surface area contributed by atoms with Crippen molar-refractivity contribution in [2.75, 3.05) is 5.32 Å². The van der Waals surface area contributed by atoms with Crippen molar-refractivity contribution in [2.24, 2.45) is 0 Å². The van der Waals surface area contributed by atoms with Crippen LogP contribution in [0.1, 0.15) is 22.7 Å². The van der Waals surface area contributed by atoms with E-state index in [0.717, 1.165) is 17.7 Å². The molecule has 0 aliphatic carbocycles. The van der Waals surface area contributed by atoms with Crippen LogP contribution < -0.4 is 5.32 Å². The second kappa shape index (κ2) is 3.88. The number of anilines is 1. The van der Waals surface area contributed by atoms with Crippen molar-refractivity contribution < 1.29 is 4.39 Å². The average molecular weight is 227 g/mol. The summed E-state index contributed by atoms with van der Waals surface area (Å²) in [5, 5.41) is 3.37. The van der Waals surface area contributed by atoms with Crippen molar-refractivity contribution in [3.8, 4) is 0 Å². The Morgan fingerprint density at radius 3 is 2.59 bits per heavy atom. The molecular formula is C15H14FN. The maximum absolute atomic E-state index is 13.6. The highest BCUT2D eigenvalue weighted by molar-refractivity contribution is 5.58.